The summed E-state index contributed by atoms with van der Waals surface area (Å²) in [5, 5.41) is 0.204. The van der Waals surface area contributed by atoms with Gasteiger partial charge in [0.15, 0.2) is 11.6 Å². The van der Waals surface area contributed by atoms with Crippen molar-refractivity contribution in [1.29, 1.82) is 0 Å². The minimum absolute atomic E-state index is 0.0694. The van der Waals surface area contributed by atoms with Crippen LogP contribution in [0.15, 0.2) is 36.4 Å². The molecular weight excluding hydrogens is 358 g/mol. The van der Waals surface area contributed by atoms with Gasteiger partial charge < -0.3 is 0 Å². The lowest BCUT2D eigenvalue weighted by molar-refractivity contribution is 0.507. The van der Waals surface area contributed by atoms with Crippen molar-refractivity contribution in [3.05, 3.63) is 69.7 Å². The Morgan fingerprint density at radius 1 is 1.00 bits per heavy atom. The minimum Gasteiger partial charge on any atom is -0.204 e. The number of halogens is 4. The fourth-order valence-electron chi connectivity index (χ4n) is 2.06. The second kappa shape index (κ2) is 6.05. The maximum atomic E-state index is 13.4. The summed E-state index contributed by atoms with van der Waals surface area (Å²) in [6, 6.07) is 10.2. The van der Waals surface area contributed by atoms with Gasteiger partial charge in [-0.15, -0.1) is 0 Å². The quantitative estimate of drug-likeness (QED) is 0.422. The third kappa shape index (κ3) is 3.64. The molecule has 0 amide bonds. The topological polar surface area (TPSA) is 0 Å². The van der Waals surface area contributed by atoms with E-state index in [-0.39, 0.29) is 15.3 Å². The first kappa shape index (κ1) is 16.4. The summed E-state index contributed by atoms with van der Waals surface area (Å²) in [5.74, 6) is -1.84. The van der Waals surface area contributed by atoms with Crippen LogP contribution in [0.1, 0.15) is 42.3 Å². The predicted octanol–water partition coefficient (Wildman–Crippen LogP) is 6.40. The summed E-state index contributed by atoms with van der Waals surface area (Å²) in [6.07, 6.45) is 0. The SMILES string of the molecule is CC(C)(C)c1ccc(C(Br)c2cc(F)c(F)cc2Cl)cc1. The lowest BCUT2D eigenvalue weighted by atomic mass is 9.86. The molecule has 1 unspecified atom stereocenters. The first-order valence-corrected chi connectivity index (χ1v) is 7.88. The zero-order valence-corrected chi connectivity index (χ0v) is 14.4. The van der Waals surface area contributed by atoms with E-state index in [4.69, 9.17) is 11.6 Å². The molecule has 0 bridgehead atoms. The molecule has 0 saturated carbocycles. The summed E-state index contributed by atoms with van der Waals surface area (Å²) in [7, 11) is 0. The zero-order chi connectivity index (χ0) is 15.8. The number of rotatable bonds is 2. The highest BCUT2D eigenvalue weighted by molar-refractivity contribution is 9.09. The molecule has 0 saturated heterocycles. The van der Waals surface area contributed by atoms with Crippen LogP contribution in [-0.2, 0) is 5.41 Å². The summed E-state index contributed by atoms with van der Waals surface area (Å²) >= 11 is 9.52. The van der Waals surface area contributed by atoms with Gasteiger partial charge in [0.1, 0.15) is 0 Å². The van der Waals surface area contributed by atoms with Crippen LogP contribution in [0.5, 0.6) is 0 Å². The molecule has 21 heavy (non-hydrogen) atoms. The second-order valence-corrected chi connectivity index (χ2v) is 7.35. The Balaban J connectivity index is 2.36. The van der Waals surface area contributed by atoms with Crippen LogP contribution >= 0.6 is 27.5 Å². The van der Waals surface area contributed by atoms with Gasteiger partial charge in [0.05, 0.1) is 4.83 Å². The van der Waals surface area contributed by atoms with Crippen molar-refractivity contribution in [1.82, 2.24) is 0 Å². The molecule has 0 N–H and O–H groups in total. The molecule has 0 aliphatic carbocycles. The van der Waals surface area contributed by atoms with Crippen molar-refractivity contribution in [2.75, 3.05) is 0 Å². The molecule has 0 heterocycles. The number of hydrogen-bond acceptors (Lipinski definition) is 0. The van der Waals surface area contributed by atoms with Gasteiger partial charge in [-0.3, -0.25) is 0 Å². The highest BCUT2D eigenvalue weighted by Gasteiger charge is 2.19. The molecule has 0 radical (unpaired) electrons. The van der Waals surface area contributed by atoms with Gasteiger partial charge in [-0.05, 0) is 34.2 Å². The third-order valence-corrected chi connectivity index (χ3v) is 4.73. The van der Waals surface area contributed by atoms with Crippen LogP contribution in [0, 0.1) is 11.6 Å². The highest BCUT2D eigenvalue weighted by atomic mass is 79.9. The predicted molar refractivity (Wildman–Crippen MR) is 87.3 cm³/mol. The van der Waals surface area contributed by atoms with E-state index >= 15 is 0 Å². The van der Waals surface area contributed by atoms with Crippen molar-refractivity contribution in [3.8, 4) is 0 Å². The average Bonchev–Trinajstić information content (AvgIpc) is 2.41. The molecule has 0 aliphatic heterocycles. The normalized spacial score (nSPS) is 13.3. The fraction of sp³-hybridized carbons (Fsp3) is 0.294. The lowest BCUT2D eigenvalue weighted by Crippen LogP contribution is -2.10. The standard InChI is InChI=1S/C17H16BrClF2/c1-17(2,3)11-6-4-10(5-7-11)16(18)12-8-14(20)15(21)9-13(12)19/h4-9,16H,1-3H3. The van der Waals surface area contributed by atoms with Crippen molar-refractivity contribution in [3.63, 3.8) is 0 Å². The summed E-state index contributed by atoms with van der Waals surface area (Å²) < 4.78 is 26.5. The second-order valence-electron chi connectivity index (χ2n) is 6.02. The molecule has 0 nitrogen and oxygen atoms in total. The molecule has 2 aromatic rings. The highest BCUT2D eigenvalue weighted by Crippen LogP contribution is 2.37. The van der Waals surface area contributed by atoms with Crippen LogP contribution in [0.2, 0.25) is 5.02 Å². The third-order valence-electron chi connectivity index (χ3n) is 3.38. The Bertz CT molecular complexity index is 645. The van der Waals surface area contributed by atoms with Crippen molar-refractivity contribution < 1.29 is 8.78 Å². The van der Waals surface area contributed by atoms with Crippen molar-refractivity contribution >= 4 is 27.5 Å². The van der Waals surface area contributed by atoms with Crippen LogP contribution < -0.4 is 0 Å². The molecule has 2 aromatic carbocycles. The van der Waals surface area contributed by atoms with Crippen LogP contribution in [0.3, 0.4) is 0 Å². The lowest BCUT2D eigenvalue weighted by Gasteiger charge is -2.20. The molecule has 0 aromatic heterocycles. The Morgan fingerprint density at radius 2 is 1.52 bits per heavy atom. The van der Waals surface area contributed by atoms with E-state index in [0.29, 0.717) is 5.56 Å². The first-order valence-electron chi connectivity index (χ1n) is 6.59. The molecule has 112 valence electrons. The average molecular weight is 374 g/mol. The van der Waals surface area contributed by atoms with Crippen molar-refractivity contribution in [2.45, 2.75) is 31.0 Å². The van der Waals surface area contributed by atoms with Crippen LogP contribution in [0.25, 0.3) is 0 Å². The number of hydrogen-bond donors (Lipinski definition) is 0. The van der Waals surface area contributed by atoms with Gasteiger partial charge in [-0.25, -0.2) is 8.78 Å². The zero-order valence-electron chi connectivity index (χ0n) is 12.1. The molecule has 0 spiro atoms. The molecular formula is C17H16BrClF2. The smallest absolute Gasteiger partial charge is 0.160 e. The van der Waals surface area contributed by atoms with E-state index < -0.39 is 11.6 Å². The summed E-state index contributed by atoms with van der Waals surface area (Å²) in [4.78, 5) is -0.283. The van der Waals surface area contributed by atoms with Gasteiger partial charge in [-0.2, -0.15) is 0 Å². The monoisotopic (exact) mass is 372 g/mol. The largest absolute Gasteiger partial charge is 0.204 e. The first-order chi connectivity index (χ1) is 9.70. The Hall–Kier alpha value is -0.930. The molecule has 4 heteroatoms. The van der Waals surface area contributed by atoms with Gasteiger partial charge >= 0.3 is 0 Å². The van der Waals surface area contributed by atoms with E-state index in [9.17, 15) is 8.78 Å². The Morgan fingerprint density at radius 3 is 2.05 bits per heavy atom. The Labute approximate surface area is 137 Å². The van der Waals surface area contributed by atoms with E-state index in [1.54, 1.807) is 0 Å². The summed E-state index contributed by atoms with van der Waals surface area (Å²) in [5.41, 5.74) is 2.73. The van der Waals surface area contributed by atoms with E-state index in [1.165, 1.54) is 5.56 Å². The van der Waals surface area contributed by atoms with Gasteiger partial charge in [0.25, 0.3) is 0 Å². The van der Waals surface area contributed by atoms with E-state index in [2.05, 4.69) is 36.7 Å². The molecule has 1 atom stereocenters. The molecule has 2 rings (SSSR count). The maximum Gasteiger partial charge on any atom is 0.160 e. The molecule has 0 aliphatic rings. The minimum atomic E-state index is -0.938. The molecule has 0 fully saturated rings. The Kier molecular flexibility index (Phi) is 4.74. The van der Waals surface area contributed by atoms with Gasteiger partial charge in [0, 0.05) is 5.02 Å². The van der Waals surface area contributed by atoms with E-state index in [0.717, 1.165) is 17.7 Å². The van der Waals surface area contributed by atoms with E-state index in [1.807, 2.05) is 24.3 Å². The fourth-order valence-corrected chi connectivity index (χ4v) is 3.14. The van der Waals surface area contributed by atoms with Crippen molar-refractivity contribution in [2.24, 2.45) is 0 Å². The number of alkyl halides is 1. The van der Waals surface area contributed by atoms with Crippen LogP contribution in [-0.4, -0.2) is 0 Å². The van der Waals surface area contributed by atoms with Gasteiger partial charge in [-0.1, -0.05) is 72.6 Å². The maximum absolute atomic E-state index is 13.4. The number of benzene rings is 2. The summed E-state index contributed by atoms with van der Waals surface area (Å²) in [6.45, 7) is 6.42. The van der Waals surface area contributed by atoms with Crippen LogP contribution in [0.4, 0.5) is 8.78 Å². The van der Waals surface area contributed by atoms with Gasteiger partial charge in [0.2, 0.25) is 0 Å².